The lowest BCUT2D eigenvalue weighted by molar-refractivity contribution is 0.0116. The van der Waals surface area contributed by atoms with E-state index in [-0.39, 0.29) is 11.6 Å². The summed E-state index contributed by atoms with van der Waals surface area (Å²) in [4.78, 5) is 15.7. The molecule has 4 nitrogen and oxygen atoms in total. The van der Waals surface area contributed by atoms with Crippen LogP contribution < -0.4 is 0 Å². The molecule has 0 unspecified atom stereocenters. The average molecular weight is 252 g/mol. The Morgan fingerprint density at radius 1 is 1.33 bits per heavy atom. The van der Waals surface area contributed by atoms with E-state index in [1.54, 1.807) is 4.90 Å². The predicted molar refractivity (Wildman–Crippen MR) is 72.3 cm³/mol. The Morgan fingerprint density at radius 2 is 1.83 bits per heavy atom. The number of hydrogen-bond acceptors (Lipinski definition) is 3. The summed E-state index contributed by atoms with van der Waals surface area (Å²) in [5.41, 5.74) is -0.669. The van der Waals surface area contributed by atoms with Crippen molar-refractivity contribution in [3.63, 3.8) is 0 Å². The third-order valence-corrected chi connectivity index (χ3v) is 3.37. The number of carbonyl (C=O) groups excluding carboxylic acids is 1. The summed E-state index contributed by atoms with van der Waals surface area (Å²) in [6.07, 6.45) is 6.97. The Balaban J connectivity index is 2.59. The van der Waals surface area contributed by atoms with E-state index < -0.39 is 5.60 Å². The van der Waals surface area contributed by atoms with Gasteiger partial charge in [-0.1, -0.05) is 5.92 Å². The maximum absolute atomic E-state index is 11.9. The minimum Gasteiger partial charge on any atom is -0.444 e. The highest BCUT2D eigenvalue weighted by atomic mass is 16.6. The zero-order valence-corrected chi connectivity index (χ0v) is 12.1. The molecule has 0 N–H and O–H groups in total. The van der Waals surface area contributed by atoms with Crippen molar-refractivity contribution in [2.45, 2.75) is 44.8 Å². The van der Waals surface area contributed by atoms with Gasteiger partial charge < -0.3 is 9.64 Å². The Morgan fingerprint density at radius 3 is 2.17 bits per heavy atom. The van der Waals surface area contributed by atoms with Crippen LogP contribution in [0.5, 0.6) is 0 Å². The van der Waals surface area contributed by atoms with Crippen LogP contribution in [0.2, 0.25) is 0 Å². The topological polar surface area (TPSA) is 32.8 Å². The van der Waals surface area contributed by atoms with Gasteiger partial charge in [0, 0.05) is 13.1 Å². The summed E-state index contributed by atoms with van der Waals surface area (Å²) in [6, 6.07) is 0. The summed E-state index contributed by atoms with van der Waals surface area (Å²) in [6.45, 7) is 6.93. The molecular weight excluding hydrogens is 228 g/mol. The Hall–Kier alpha value is -1.21. The third kappa shape index (κ3) is 3.39. The molecule has 102 valence electrons. The van der Waals surface area contributed by atoms with Gasteiger partial charge in [0.05, 0.1) is 5.54 Å². The maximum atomic E-state index is 11.9. The average Bonchev–Trinajstić information content (AvgIpc) is 2.26. The molecule has 0 bridgehead atoms. The first-order valence-electron chi connectivity index (χ1n) is 6.33. The Labute approximate surface area is 110 Å². The summed E-state index contributed by atoms with van der Waals surface area (Å²) in [5.74, 6) is 2.87. The zero-order valence-electron chi connectivity index (χ0n) is 12.1. The second-order valence-corrected chi connectivity index (χ2v) is 6.04. The molecule has 1 amide bonds. The lowest BCUT2D eigenvalue weighted by atomic mass is 9.87. The van der Waals surface area contributed by atoms with E-state index in [9.17, 15) is 4.79 Å². The molecule has 0 spiro atoms. The summed E-state index contributed by atoms with van der Waals surface area (Å²) in [5, 5.41) is 0. The van der Waals surface area contributed by atoms with E-state index in [1.807, 2.05) is 34.9 Å². The smallest absolute Gasteiger partial charge is 0.410 e. The first-order chi connectivity index (χ1) is 8.20. The molecule has 0 aromatic heterocycles. The van der Waals surface area contributed by atoms with E-state index in [2.05, 4.69) is 10.8 Å². The predicted octanol–water partition coefficient (Wildman–Crippen LogP) is 1.95. The molecule has 1 heterocycles. The molecule has 1 rings (SSSR count). The number of likely N-dealkylation sites (tertiary alicyclic amines) is 1. The lowest BCUT2D eigenvalue weighted by Crippen LogP contribution is -2.53. The molecule has 18 heavy (non-hydrogen) atoms. The fourth-order valence-corrected chi connectivity index (χ4v) is 2.11. The molecule has 0 aromatic rings. The zero-order chi connectivity index (χ0) is 14.0. The molecule has 4 heteroatoms. The van der Waals surface area contributed by atoms with Crippen LogP contribution in [0.3, 0.4) is 0 Å². The standard InChI is InChI=1S/C14H24N2O2/c1-7-14(15(5)6)8-10-16(11-9-14)12(17)18-13(2,3)4/h1H,8-11H2,2-6H3. The SMILES string of the molecule is C#CC1(N(C)C)CCN(C(=O)OC(C)(C)C)CC1. The molecule has 1 saturated heterocycles. The molecule has 1 aliphatic heterocycles. The normalized spacial score (nSPS) is 19.5. The van der Waals surface area contributed by atoms with Crippen molar-refractivity contribution in [3.05, 3.63) is 0 Å². The molecule has 0 saturated carbocycles. The van der Waals surface area contributed by atoms with Crippen LogP contribution >= 0.6 is 0 Å². The molecule has 1 aliphatic rings. The van der Waals surface area contributed by atoms with E-state index in [4.69, 9.17) is 11.2 Å². The number of ether oxygens (including phenoxy) is 1. The number of nitrogens with zero attached hydrogens (tertiary/aromatic N) is 2. The highest BCUT2D eigenvalue weighted by Gasteiger charge is 2.37. The molecule has 0 aliphatic carbocycles. The van der Waals surface area contributed by atoms with Crippen LogP contribution in [0, 0.1) is 12.3 Å². The quantitative estimate of drug-likeness (QED) is 0.669. The van der Waals surface area contributed by atoms with Gasteiger partial charge in [0.2, 0.25) is 0 Å². The number of amides is 1. The highest BCUT2D eigenvalue weighted by molar-refractivity contribution is 5.68. The minimum atomic E-state index is -0.445. The van der Waals surface area contributed by atoms with Crippen LogP contribution in [-0.2, 0) is 4.74 Å². The van der Waals surface area contributed by atoms with Gasteiger partial charge in [-0.15, -0.1) is 6.42 Å². The lowest BCUT2D eigenvalue weighted by Gasteiger charge is -2.42. The van der Waals surface area contributed by atoms with E-state index in [1.165, 1.54) is 0 Å². The highest BCUT2D eigenvalue weighted by Crippen LogP contribution is 2.27. The molecular formula is C14H24N2O2. The van der Waals surface area contributed by atoms with Crippen LogP contribution in [-0.4, -0.2) is 54.2 Å². The molecule has 1 fully saturated rings. The molecule has 0 aromatic carbocycles. The number of carbonyl (C=O) groups is 1. The van der Waals surface area contributed by atoms with Crippen LogP contribution in [0.4, 0.5) is 4.79 Å². The number of terminal acetylenes is 1. The first-order valence-corrected chi connectivity index (χ1v) is 6.33. The van der Waals surface area contributed by atoms with Gasteiger partial charge in [0.1, 0.15) is 5.60 Å². The molecule has 0 radical (unpaired) electrons. The second kappa shape index (κ2) is 5.19. The van der Waals surface area contributed by atoms with E-state index >= 15 is 0 Å². The van der Waals surface area contributed by atoms with Crippen LogP contribution in [0.25, 0.3) is 0 Å². The van der Waals surface area contributed by atoms with Gasteiger partial charge in [-0.3, -0.25) is 4.90 Å². The van der Waals surface area contributed by atoms with Gasteiger partial charge >= 0.3 is 6.09 Å². The molecule has 0 atom stereocenters. The second-order valence-electron chi connectivity index (χ2n) is 6.04. The fraction of sp³-hybridized carbons (Fsp3) is 0.786. The Bertz CT molecular complexity index is 342. The van der Waals surface area contributed by atoms with E-state index in [0.29, 0.717) is 13.1 Å². The first kappa shape index (κ1) is 14.8. The van der Waals surface area contributed by atoms with Crippen LogP contribution in [0.15, 0.2) is 0 Å². The summed E-state index contributed by atoms with van der Waals surface area (Å²) in [7, 11) is 3.98. The number of piperidine rings is 1. The summed E-state index contributed by atoms with van der Waals surface area (Å²) >= 11 is 0. The van der Waals surface area contributed by atoms with Crippen molar-refractivity contribution < 1.29 is 9.53 Å². The van der Waals surface area contributed by atoms with E-state index in [0.717, 1.165) is 12.8 Å². The third-order valence-electron chi connectivity index (χ3n) is 3.37. The van der Waals surface area contributed by atoms with Crippen molar-refractivity contribution in [1.82, 2.24) is 9.80 Å². The van der Waals surface area contributed by atoms with Crippen LogP contribution in [0.1, 0.15) is 33.6 Å². The monoisotopic (exact) mass is 252 g/mol. The number of rotatable bonds is 1. The van der Waals surface area contributed by atoms with Gasteiger partial charge in [0.25, 0.3) is 0 Å². The largest absolute Gasteiger partial charge is 0.444 e. The van der Waals surface area contributed by atoms with Gasteiger partial charge in [-0.05, 0) is 47.7 Å². The van der Waals surface area contributed by atoms with Crippen molar-refractivity contribution in [3.8, 4) is 12.3 Å². The summed E-state index contributed by atoms with van der Waals surface area (Å²) < 4.78 is 5.36. The number of hydrogen-bond donors (Lipinski definition) is 0. The van der Waals surface area contributed by atoms with Crippen molar-refractivity contribution in [2.75, 3.05) is 27.2 Å². The van der Waals surface area contributed by atoms with Gasteiger partial charge in [-0.25, -0.2) is 4.79 Å². The van der Waals surface area contributed by atoms with Gasteiger partial charge in [0.15, 0.2) is 0 Å². The van der Waals surface area contributed by atoms with Crippen molar-refractivity contribution in [2.24, 2.45) is 0 Å². The Kier molecular flexibility index (Phi) is 4.28. The fourth-order valence-electron chi connectivity index (χ4n) is 2.11. The van der Waals surface area contributed by atoms with Crippen molar-refractivity contribution >= 4 is 6.09 Å². The minimum absolute atomic E-state index is 0.224. The van der Waals surface area contributed by atoms with Crippen molar-refractivity contribution in [1.29, 1.82) is 0 Å². The maximum Gasteiger partial charge on any atom is 0.410 e. The van der Waals surface area contributed by atoms with Gasteiger partial charge in [-0.2, -0.15) is 0 Å².